The molecule has 1 heterocycles. The van der Waals surface area contributed by atoms with Crippen molar-refractivity contribution in [3.63, 3.8) is 0 Å². The van der Waals surface area contributed by atoms with Gasteiger partial charge in [-0.3, -0.25) is 9.78 Å². The molecule has 0 radical (unpaired) electrons. The van der Waals surface area contributed by atoms with E-state index in [1.807, 2.05) is 11.8 Å². The Bertz CT molecular complexity index is 1020. The van der Waals surface area contributed by atoms with Crippen LogP contribution in [-0.4, -0.2) is 37.1 Å². The van der Waals surface area contributed by atoms with E-state index in [-0.39, 0.29) is 5.75 Å². The van der Waals surface area contributed by atoms with Crippen LogP contribution in [0.2, 0.25) is 0 Å². The number of unbranched alkanes of at least 4 members (excludes halogenated alkanes) is 1. The van der Waals surface area contributed by atoms with Crippen LogP contribution in [0, 0.1) is 5.82 Å². The number of carbonyl (C=O) groups excluding carboxylic acids is 1. The van der Waals surface area contributed by atoms with Gasteiger partial charge in [-0.15, -0.1) is 0 Å². The summed E-state index contributed by atoms with van der Waals surface area (Å²) in [7, 11) is 1.57. The summed E-state index contributed by atoms with van der Waals surface area (Å²) in [6.45, 7) is 0.588. The molecule has 8 heteroatoms. The smallest absolute Gasteiger partial charge is 0.211 e. The summed E-state index contributed by atoms with van der Waals surface area (Å²) in [5.74, 6) is 2.13. The molecule has 0 aliphatic carbocycles. The number of hydrogen-bond donors (Lipinski definition) is 1. The molecule has 0 unspecified atom stereocenters. The third-order valence-corrected chi connectivity index (χ3v) is 5.06. The van der Waals surface area contributed by atoms with Gasteiger partial charge in [0, 0.05) is 29.4 Å². The lowest BCUT2D eigenvalue weighted by Gasteiger charge is -2.14. The third kappa shape index (κ3) is 5.33. The van der Waals surface area contributed by atoms with Crippen LogP contribution in [0.15, 0.2) is 42.6 Å². The Morgan fingerprint density at radius 2 is 1.97 bits per heavy atom. The Hall–Kier alpha value is -3.00. The highest BCUT2D eigenvalue weighted by Gasteiger charge is 2.14. The number of carbonyl (C=O) groups is 1. The molecule has 1 N–H and O–H groups in total. The molecule has 3 aromatic rings. The van der Waals surface area contributed by atoms with Crippen LogP contribution in [0.5, 0.6) is 23.0 Å². The van der Waals surface area contributed by atoms with Gasteiger partial charge in [-0.25, -0.2) is 4.39 Å². The first kappa shape index (κ1) is 21.7. The van der Waals surface area contributed by atoms with Gasteiger partial charge in [-0.1, -0.05) is 0 Å². The van der Waals surface area contributed by atoms with Crippen LogP contribution in [0.3, 0.4) is 0 Å². The Balaban J connectivity index is 1.85. The first-order chi connectivity index (χ1) is 14.7. The van der Waals surface area contributed by atoms with Crippen LogP contribution in [0.25, 0.3) is 10.9 Å². The lowest BCUT2D eigenvalue weighted by molar-refractivity contribution is -0.105. The summed E-state index contributed by atoms with van der Waals surface area (Å²) in [4.78, 5) is 14.9. The van der Waals surface area contributed by atoms with Crippen molar-refractivity contribution in [1.29, 1.82) is 0 Å². The molecule has 3 rings (SSSR count). The lowest BCUT2D eigenvalue weighted by atomic mass is 10.1. The molecule has 0 saturated heterocycles. The van der Waals surface area contributed by atoms with Crippen molar-refractivity contribution in [2.24, 2.45) is 0 Å². The van der Waals surface area contributed by atoms with E-state index < -0.39 is 5.82 Å². The number of ether oxygens (including phenoxy) is 3. The first-order valence-corrected chi connectivity index (χ1v) is 10.8. The minimum absolute atomic E-state index is 0.0343. The average molecular weight is 431 g/mol. The third-order valence-electron chi connectivity index (χ3n) is 4.36. The topological polar surface area (TPSA) is 69.7 Å². The van der Waals surface area contributed by atoms with Gasteiger partial charge in [0.05, 0.1) is 19.2 Å². The number of halogens is 1. The fourth-order valence-electron chi connectivity index (χ4n) is 2.88. The van der Waals surface area contributed by atoms with Crippen molar-refractivity contribution in [2.45, 2.75) is 12.8 Å². The Morgan fingerprint density at radius 1 is 1.10 bits per heavy atom. The van der Waals surface area contributed by atoms with Crippen molar-refractivity contribution in [3.05, 3.63) is 48.4 Å². The highest BCUT2D eigenvalue weighted by atomic mass is 32.2. The van der Waals surface area contributed by atoms with Crippen molar-refractivity contribution in [2.75, 3.05) is 31.0 Å². The number of aromatic nitrogens is 1. The Labute approximate surface area is 178 Å². The molecule has 6 nitrogen and oxygen atoms in total. The number of methoxy groups -OCH3 is 1. The van der Waals surface area contributed by atoms with Gasteiger partial charge in [0.2, 0.25) is 6.41 Å². The summed E-state index contributed by atoms with van der Waals surface area (Å²) in [6, 6.07) is 9.42. The zero-order valence-electron chi connectivity index (χ0n) is 16.8. The maximum Gasteiger partial charge on any atom is 0.211 e. The molecule has 0 bridgehead atoms. The normalized spacial score (nSPS) is 10.6. The maximum atomic E-state index is 14.4. The number of amides is 1. The van der Waals surface area contributed by atoms with Gasteiger partial charge in [-0.05, 0) is 49.1 Å². The molecule has 0 fully saturated rings. The lowest BCUT2D eigenvalue weighted by Crippen LogP contribution is -2.01. The molecule has 0 spiro atoms. The molecule has 158 valence electrons. The highest BCUT2D eigenvalue weighted by molar-refractivity contribution is 7.98. The number of fused-ring (bicyclic) bond motifs is 1. The van der Waals surface area contributed by atoms with Crippen LogP contribution in [0.1, 0.15) is 12.8 Å². The summed E-state index contributed by atoms with van der Waals surface area (Å²) in [6.07, 6.45) is 6.20. The summed E-state index contributed by atoms with van der Waals surface area (Å²) in [5.41, 5.74) is 0.988. The monoisotopic (exact) mass is 430 g/mol. The second kappa shape index (κ2) is 10.7. The van der Waals surface area contributed by atoms with Crippen LogP contribution in [0.4, 0.5) is 10.1 Å². The van der Waals surface area contributed by atoms with E-state index >= 15 is 0 Å². The van der Waals surface area contributed by atoms with Crippen molar-refractivity contribution < 1.29 is 23.4 Å². The first-order valence-electron chi connectivity index (χ1n) is 9.42. The number of hydrogen-bond acceptors (Lipinski definition) is 6. The number of thioether (sulfide) groups is 1. The van der Waals surface area contributed by atoms with E-state index in [0.29, 0.717) is 46.9 Å². The number of pyridine rings is 1. The van der Waals surface area contributed by atoms with Gasteiger partial charge in [0.25, 0.3) is 0 Å². The van der Waals surface area contributed by atoms with Crippen molar-refractivity contribution in [1.82, 2.24) is 4.98 Å². The van der Waals surface area contributed by atoms with Gasteiger partial charge >= 0.3 is 0 Å². The zero-order chi connectivity index (χ0) is 21.3. The molecule has 1 amide bonds. The zero-order valence-corrected chi connectivity index (χ0v) is 17.6. The van der Waals surface area contributed by atoms with E-state index in [1.54, 1.807) is 37.6 Å². The molecule has 0 aliphatic rings. The molecule has 0 atom stereocenters. The van der Waals surface area contributed by atoms with Crippen LogP contribution < -0.4 is 19.5 Å². The molecule has 2 aromatic carbocycles. The standard InChI is InChI=1S/C22H23FN2O4S/c1-27-21-12-16-18(13-22(21)28-9-3-4-10-30-2)24-8-7-19(16)29-20-6-5-15(25-14-26)11-17(20)23/h5-8,11-14H,3-4,9-10H2,1-2H3,(H,25,26). The summed E-state index contributed by atoms with van der Waals surface area (Å²) >= 11 is 1.81. The van der Waals surface area contributed by atoms with Crippen LogP contribution in [-0.2, 0) is 4.79 Å². The summed E-state index contributed by atoms with van der Waals surface area (Å²) < 4.78 is 31.5. The fourth-order valence-corrected chi connectivity index (χ4v) is 3.37. The van der Waals surface area contributed by atoms with E-state index in [4.69, 9.17) is 14.2 Å². The Morgan fingerprint density at radius 3 is 2.70 bits per heavy atom. The highest BCUT2D eigenvalue weighted by Crippen LogP contribution is 2.37. The quantitative estimate of drug-likeness (QED) is 0.330. The molecule has 0 saturated carbocycles. The second-order valence-electron chi connectivity index (χ2n) is 6.39. The Kier molecular flexibility index (Phi) is 7.73. The van der Waals surface area contributed by atoms with E-state index in [2.05, 4.69) is 16.6 Å². The molecular formula is C22H23FN2O4S. The minimum Gasteiger partial charge on any atom is -0.493 e. The van der Waals surface area contributed by atoms with Crippen LogP contribution >= 0.6 is 11.8 Å². The molecule has 0 aliphatic heterocycles. The predicted octanol–water partition coefficient (Wildman–Crippen LogP) is 5.27. The average Bonchev–Trinajstić information content (AvgIpc) is 2.75. The maximum absolute atomic E-state index is 14.4. The number of benzene rings is 2. The molecular weight excluding hydrogens is 407 g/mol. The predicted molar refractivity (Wildman–Crippen MR) is 118 cm³/mol. The number of nitrogens with zero attached hydrogens (tertiary/aromatic N) is 1. The van der Waals surface area contributed by atoms with Crippen molar-refractivity contribution in [3.8, 4) is 23.0 Å². The van der Waals surface area contributed by atoms with Gasteiger partial charge in [0.1, 0.15) is 5.75 Å². The van der Waals surface area contributed by atoms with Gasteiger partial charge < -0.3 is 19.5 Å². The fraction of sp³-hybridized carbons (Fsp3) is 0.273. The summed E-state index contributed by atoms with van der Waals surface area (Å²) in [5, 5.41) is 3.07. The SMILES string of the molecule is COc1cc2c(Oc3ccc(NC=O)cc3F)ccnc2cc1OCCCCSC. The van der Waals surface area contributed by atoms with E-state index in [0.717, 1.165) is 18.6 Å². The number of anilines is 1. The number of nitrogens with one attached hydrogen (secondary N) is 1. The second-order valence-corrected chi connectivity index (χ2v) is 7.37. The van der Waals surface area contributed by atoms with Gasteiger partial charge in [-0.2, -0.15) is 11.8 Å². The van der Waals surface area contributed by atoms with Crippen molar-refractivity contribution >= 4 is 34.8 Å². The van der Waals surface area contributed by atoms with E-state index in [9.17, 15) is 9.18 Å². The largest absolute Gasteiger partial charge is 0.493 e. The van der Waals surface area contributed by atoms with Gasteiger partial charge in [0.15, 0.2) is 23.1 Å². The molecule has 1 aromatic heterocycles. The minimum atomic E-state index is -0.594. The number of rotatable bonds is 11. The van der Waals surface area contributed by atoms with E-state index in [1.165, 1.54) is 12.1 Å². The molecule has 30 heavy (non-hydrogen) atoms.